The van der Waals surface area contributed by atoms with E-state index in [1.54, 1.807) is 12.0 Å². The molecule has 0 fully saturated rings. The van der Waals surface area contributed by atoms with Gasteiger partial charge in [0.15, 0.2) is 0 Å². The molecule has 3 aromatic rings. The summed E-state index contributed by atoms with van der Waals surface area (Å²) in [6.45, 7) is 0.400. The number of carbonyl (C=O) groups is 1. The molecule has 4 rings (SSSR count). The molecule has 0 aliphatic carbocycles. The summed E-state index contributed by atoms with van der Waals surface area (Å²) in [5.74, 6) is 0.659. The molecule has 7 heteroatoms. The number of hydrogen-bond acceptors (Lipinski definition) is 5. The zero-order valence-electron chi connectivity index (χ0n) is 13.9. The van der Waals surface area contributed by atoms with Crippen molar-refractivity contribution in [1.82, 2.24) is 9.97 Å². The number of nitrogen functional groups attached to an aromatic ring is 1. The summed E-state index contributed by atoms with van der Waals surface area (Å²) in [5.41, 5.74) is 9.33. The Morgan fingerprint density at radius 3 is 2.35 bits per heavy atom. The molecule has 1 amide bonds. The maximum Gasteiger partial charge on any atom is 0.277 e. The number of nitrogens with zero attached hydrogens (tertiary/aromatic N) is 3. The van der Waals surface area contributed by atoms with E-state index in [9.17, 15) is 4.79 Å². The van der Waals surface area contributed by atoms with Gasteiger partial charge in [0.1, 0.15) is 11.4 Å². The van der Waals surface area contributed by atoms with Crippen LogP contribution in [0.3, 0.4) is 0 Å². The number of hydrogen-bond donors (Lipinski definition) is 1. The van der Waals surface area contributed by atoms with Crippen LogP contribution in [-0.2, 0) is 6.54 Å². The number of rotatable bonds is 3. The van der Waals surface area contributed by atoms with E-state index in [1.807, 2.05) is 48.5 Å². The molecule has 0 saturated heterocycles. The number of carbonyl (C=O) groups excluding carboxylic acids is 1. The highest BCUT2D eigenvalue weighted by Gasteiger charge is 2.33. The van der Waals surface area contributed by atoms with Crippen LogP contribution in [0.5, 0.6) is 5.75 Å². The van der Waals surface area contributed by atoms with Gasteiger partial charge < -0.3 is 15.4 Å². The van der Waals surface area contributed by atoms with Gasteiger partial charge in [0, 0.05) is 21.3 Å². The third-order valence-corrected chi connectivity index (χ3v) is 4.82. The Kier molecular flexibility index (Phi) is 4.08. The average molecular weight is 411 g/mol. The molecule has 0 spiro atoms. The monoisotopic (exact) mass is 410 g/mol. The zero-order valence-corrected chi connectivity index (χ0v) is 15.5. The Labute approximate surface area is 158 Å². The molecule has 2 aromatic carbocycles. The van der Waals surface area contributed by atoms with Crippen molar-refractivity contribution in [1.29, 1.82) is 0 Å². The van der Waals surface area contributed by atoms with Crippen molar-refractivity contribution in [2.45, 2.75) is 6.54 Å². The molecule has 26 heavy (non-hydrogen) atoms. The molecule has 0 atom stereocenters. The van der Waals surface area contributed by atoms with Gasteiger partial charge in [-0.15, -0.1) is 0 Å². The second-order valence-electron chi connectivity index (χ2n) is 5.85. The SMILES string of the molecule is COc1ccc(-c2nc(N)nc3c2CN(c2ccc(Br)cc2)C3=O)cc1. The van der Waals surface area contributed by atoms with E-state index < -0.39 is 0 Å². The number of benzene rings is 2. The number of anilines is 2. The zero-order chi connectivity index (χ0) is 18.3. The molecular weight excluding hydrogens is 396 g/mol. The Bertz CT molecular complexity index is 988. The van der Waals surface area contributed by atoms with Gasteiger partial charge in [-0.1, -0.05) is 15.9 Å². The number of methoxy groups -OCH3 is 1. The highest BCUT2D eigenvalue weighted by Crippen LogP contribution is 2.34. The number of fused-ring (bicyclic) bond motifs is 1. The highest BCUT2D eigenvalue weighted by atomic mass is 79.9. The van der Waals surface area contributed by atoms with E-state index in [2.05, 4.69) is 25.9 Å². The van der Waals surface area contributed by atoms with Crippen LogP contribution in [0.4, 0.5) is 11.6 Å². The largest absolute Gasteiger partial charge is 0.497 e. The summed E-state index contributed by atoms with van der Waals surface area (Å²) in [5, 5.41) is 0. The second-order valence-corrected chi connectivity index (χ2v) is 6.77. The van der Waals surface area contributed by atoms with Gasteiger partial charge in [-0.3, -0.25) is 4.79 Å². The number of amides is 1. The fourth-order valence-corrected chi connectivity index (χ4v) is 3.27. The van der Waals surface area contributed by atoms with Gasteiger partial charge in [-0.05, 0) is 48.5 Å². The third-order valence-electron chi connectivity index (χ3n) is 4.29. The maximum absolute atomic E-state index is 12.9. The smallest absolute Gasteiger partial charge is 0.277 e. The summed E-state index contributed by atoms with van der Waals surface area (Å²) >= 11 is 3.41. The Morgan fingerprint density at radius 1 is 1.04 bits per heavy atom. The first-order valence-electron chi connectivity index (χ1n) is 7.95. The average Bonchev–Trinajstić information content (AvgIpc) is 2.99. The van der Waals surface area contributed by atoms with Crippen molar-refractivity contribution < 1.29 is 9.53 Å². The van der Waals surface area contributed by atoms with Crippen molar-refractivity contribution in [3.05, 3.63) is 64.3 Å². The lowest BCUT2D eigenvalue weighted by Crippen LogP contribution is -2.23. The van der Waals surface area contributed by atoms with E-state index in [4.69, 9.17) is 10.5 Å². The molecule has 6 nitrogen and oxygen atoms in total. The van der Waals surface area contributed by atoms with E-state index in [0.717, 1.165) is 27.0 Å². The molecule has 1 aliphatic rings. The molecule has 2 N–H and O–H groups in total. The number of nitrogens with two attached hydrogens (primary N) is 1. The first kappa shape index (κ1) is 16.5. The predicted octanol–water partition coefficient (Wildman–Crippen LogP) is 3.66. The second kappa shape index (κ2) is 6.42. The molecular formula is C19H15BrN4O2. The summed E-state index contributed by atoms with van der Waals surface area (Å²) in [7, 11) is 1.62. The highest BCUT2D eigenvalue weighted by molar-refractivity contribution is 9.10. The molecule has 0 saturated carbocycles. The lowest BCUT2D eigenvalue weighted by Gasteiger charge is -2.15. The van der Waals surface area contributed by atoms with Crippen LogP contribution in [-0.4, -0.2) is 23.0 Å². The van der Waals surface area contributed by atoms with Crippen LogP contribution in [0.25, 0.3) is 11.3 Å². The van der Waals surface area contributed by atoms with Crippen LogP contribution in [0.15, 0.2) is 53.0 Å². The fourth-order valence-electron chi connectivity index (χ4n) is 3.00. The summed E-state index contributed by atoms with van der Waals surface area (Å²) in [6, 6.07) is 15.1. The first-order chi connectivity index (χ1) is 12.6. The van der Waals surface area contributed by atoms with Crippen molar-refractivity contribution in [2.24, 2.45) is 0 Å². The predicted molar refractivity (Wildman–Crippen MR) is 103 cm³/mol. The van der Waals surface area contributed by atoms with Gasteiger partial charge in [-0.25, -0.2) is 9.97 Å². The van der Waals surface area contributed by atoms with E-state index in [1.165, 1.54) is 0 Å². The molecule has 130 valence electrons. The van der Waals surface area contributed by atoms with Gasteiger partial charge in [0.25, 0.3) is 5.91 Å². The first-order valence-corrected chi connectivity index (χ1v) is 8.74. The molecule has 2 heterocycles. The van der Waals surface area contributed by atoms with Gasteiger partial charge >= 0.3 is 0 Å². The molecule has 1 aromatic heterocycles. The van der Waals surface area contributed by atoms with Crippen LogP contribution >= 0.6 is 15.9 Å². The van der Waals surface area contributed by atoms with Crippen LogP contribution < -0.4 is 15.4 Å². The number of aromatic nitrogens is 2. The van der Waals surface area contributed by atoms with Crippen LogP contribution in [0.1, 0.15) is 16.1 Å². The standard InChI is InChI=1S/C19H15BrN4O2/c1-26-14-8-2-11(3-9-14)16-15-10-24(13-6-4-12(20)5-7-13)18(25)17(15)23-19(21)22-16/h2-9H,10H2,1H3,(H2,21,22,23). The van der Waals surface area contributed by atoms with Gasteiger partial charge in [-0.2, -0.15) is 0 Å². The topological polar surface area (TPSA) is 81.3 Å². The Morgan fingerprint density at radius 2 is 1.69 bits per heavy atom. The number of halogens is 1. The fraction of sp³-hybridized carbons (Fsp3) is 0.105. The minimum absolute atomic E-state index is 0.0839. The molecule has 0 radical (unpaired) electrons. The van der Waals surface area contributed by atoms with Crippen LogP contribution in [0, 0.1) is 0 Å². The Balaban J connectivity index is 1.78. The minimum Gasteiger partial charge on any atom is -0.497 e. The van der Waals surface area contributed by atoms with Crippen LogP contribution in [0.2, 0.25) is 0 Å². The van der Waals surface area contributed by atoms with Gasteiger partial charge in [0.2, 0.25) is 5.95 Å². The summed E-state index contributed by atoms with van der Waals surface area (Å²) < 4.78 is 6.15. The molecule has 0 unspecified atom stereocenters. The summed E-state index contributed by atoms with van der Waals surface area (Å²) in [6.07, 6.45) is 0. The summed E-state index contributed by atoms with van der Waals surface area (Å²) in [4.78, 5) is 23.1. The Hall–Kier alpha value is -2.93. The third kappa shape index (κ3) is 2.80. The molecule has 0 bridgehead atoms. The quantitative estimate of drug-likeness (QED) is 0.712. The normalized spacial score (nSPS) is 13.0. The minimum atomic E-state index is -0.175. The van der Waals surface area contributed by atoms with Crippen molar-refractivity contribution in [3.63, 3.8) is 0 Å². The van der Waals surface area contributed by atoms with Crippen molar-refractivity contribution >= 4 is 33.5 Å². The van der Waals surface area contributed by atoms with E-state index >= 15 is 0 Å². The van der Waals surface area contributed by atoms with Crippen molar-refractivity contribution in [2.75, 3.05) is 17.7 Å². The van der Waals surface area contributed by atoms with E-state index in [0.29, 0.717) is 17.9 Å². The lowest BCUT2D eigenvalue weighted by molar-refractivity contribution is 0.0992. The maximum atomic E-state index is 12.9. The van der Waals surface area contributed by atoms with E-state index in [-0.39, 0.29) is 11.9 Å². The molecule has 1 aliphatic heterocycles. The van der Waals surface area contributed by atoms with Crippen molar-refractivity contribution in [3.8, 4) is 17.0 Å². The number of ether oxygens (including phenoxy) is 1. The lowest BCUT2D eigenvalue weighted by atomic mass is 10.1. The van der Waals surface area contributed by atoms with Gasteiger partial charge in [0.05, 0.1) is 19.3 Å².